The minimum Gasteiger partial charge on any atom is -0.412 e. The van der Waals surface area contributed by atoms with Crippen molar-refractivity contribution < 1.29 is 56.4 Å². The minimum atomic E-state index is -0.745. The van der Waals surface area contributed by atoms with Crippen LogP contribution in [-0.2, 0) is 29.3 Å². The number of carbonyl (C=O) groups is 3. The van der Waals surface area contributed by atoms with Crippen LogP contribution in [-0.4, -0.2) is 65.2 Å². The zero-order valence-corrected chi connectivity index (χ0v) is 14.8. The third kappa shape index (κ3) is 316. The van der Waals surface area contributed by atoms with Gasteiger partial charge in [0.25, 0.3) is 0 Å². The van der Waals surface area contributed by atoms with Gasteiger partial charge in [-0.1, -0.05) is 6.92 Å². The molecule has 9 N–H and O–H groups in total. The third-order valence-corrected chi connectivity index (χ3v) is 1.39. The zero-order valence-electron chi connectivity index (χ0n) is 13.0. The maximum absolute atomic E-state index is 9.43. The van der Waals surface area contributed by atoms with E-state index < -0.39 is 5.97 Å². The van der Waals surface area contributed by atoms with Gasteiger partial charge in [-0.15, -0.1) is 12.4 Å². The number of carbonyl (C=O) groups excluding carboxylic acids is 2. The molecule has 0 rings (SSSR count). The van der Waals surface area contributed by atoms with Gasteiger partial charge in [-0.3, -0.25) is 9.59 Å². The predicted octanol–water partition coefficient (Wildman–Crippen LogP) is -1.32. The molecule has 143 valence electrons. The molecule has 11 heteroatoms. The van der Waals surface area contributed by atoms with E-state index in [1.165, 1.54) is 10.2 Å². The first-order valence-corrected chi connectivity index (χ1v) is 5.99. The topological polar surface area (TPSA) is 201 Å². The Labute approximate surface area is 138 Å². The van der Waals surface area contributed by atoms with Crippen LogP contribution >= 0.6 is 12.4 Å². The predicted molar refractivity (Wildman–Crippen MR) is 82.8 cm³/mol. The second-order valence-electron chi connectivity index (χ2n) is 2.24. The van der Waals surface area contributed by atoms with Gasteiger partial charge >= 0.3 is 39.0 Å². The van der Waals surface area contributed by atoms with E-state index in [1.807, 2.05) is 21.7 Å². The summed E-state index contributed by atoms with van der Waals surface area (Å²) in [6.45, 7) is 5.74. The number of amides is 1. The molecule has 0 aliphatic rings. The van der Waals surface area contributed by atoms with Crippen molar-refractivity contribution in [2.24, 2.45) is 0 Å². The van der Waals surface area contributed by atoms with Gasteiger partial charge in [-0.25, -0.2) is 0 Å². The van der Waals surface area contributed by atoms with E-state index in [4.69, 9.17) is 9.90 Å². The molecule has 0 fully saturated rings. The van der Waals surface area contributed by atoms with Crippen LogP contribution in [0.1, 0.15) is 20.3 Å². The monoisotopic (exact) mass is 392 g/mol. The Balaban J connectivity index is -0.0000000125. The zero-order chi connectivity index (χ0) is 14.0. The minimum absolute atomic E-state index is 0. The fourth-order valence-electron chi connectivity index (χ4n) is 0. The number of carboxylic acids is 1. The van der Waals surface area contributed by atoms with Crippen LogP contribution in [0.25, 0.3) is 0 Å². The number of hydrogen-bond donors (Lipinski definition) is 1. The van der Waals surface area contributed by atoms with Crippen LogP contribution in [0.2, 0.25) is 11.1 Å². The number of halogens is 1. The van der Waals surface area contributed by atoms with Crippen LogP contribution in [0.4, 0.5) is 0 Å². The maximum Gasteiger partial charge on any atom is -0.147 e. The van der Waals surface area contributed by atoms with Crippen LogP contribution < -0.4 is 0 Å². The van der Waals surface area contributed by atoms with Crippen molar-refractivity contribution in [1.82, 2.24) is 4.90 Å². The Kier molecular flexibility index (Phi) is 211. The Bertz CT molecular complexity index is 153. The quantitative estimate of drug-likeness (QED) is 0.458. The molecule has 0 atom stereocenters. The van der Waals surface area contributed by atoms with Gasteiger partial charge in [0.15, 0.2) is 0 Å². The average molecular weight is 393 g/mol. The summed E-state index contributed by atoms with van der Waals surface area (Å²) < 4.78 is 0. The first-order chi connectivity index (χ1) is 7.45. The molecule has 0 heterocycles. The largest absolute Gasteiger partial charge is 0.412 e. The fraction of sp³-hybridized carbons (Fsp3) is 0.700. The second kappa shape index (κ2) is 74.9. The molecule has 0 aliphatic heterocycles. The van der Waals surface area contributed by atoms with E-state index in [1.54, 1.807) is 21.0 Å². The van der Waals surface area contributed by atoms with Crippen LogP contribution in [0.5, 0.6) is 0 Å². The first kappa shape index (κ1) is 59.3. The van der Waals surface area contributed by atoms with Crippen molar-refractivity contribution in [3.05, 3.63) is 0 Å². The molecule has 0 aromatic rings. The molecule has 9 nitrogen and oxygen atoms in total. The third-order valence-electron chi connectivity index (χ3n) is 0.726. The van der Waals surface area contributed by atoms with E-state index in [-0.39, 0.29) is 40.7 Å². The maximum atomic E-state index is 9.43. The Morgan fingerprint density at radius 3 is 1.29 bits per heavy atom. The number of aliphatic carboxylic acids is 1. The SMILES string of the molecule is C=O.CCC(=O)O.CN(C)C=O.C[CH2][Cu][CH3].Cl.O.O.O.O. The summed E-state index contributed by atoms with van der Waals surface area (Å²) in [5.41, 5.74) is 0. The van der Waals surface area contributed by atoms with Crippen LogP contribution in [0.15, 0.2) is 0 Å². The standard InChI is InChI=1S/C3H7NO.C3H6O2.C2H5.CH2O.CH3.ClH.Cu.4H2O/c1-4(2)3-5;1-2-3(4)5;2*1-2;;;;;;;/h3H,1-2H3;2H2,1H3,(H,4,5);1H2,2H3;1H2;1H3;1H;;4*1H2. The molecule has 0 aromatic carbocycles. The number of rotatable bonds is 3. The Morgan fingerprint density at radius 1 is 1.14 bits per heavy atom. The van der Waals surface area contributed by atoms with Gasteiger partial charge in [0.2, 0.25) is 6.41 Å². The van der Waals surface area contributed by atoms with E-state index in [2.05, 4.69) is 12.7 Å². The van der Waals surface area contributed by atoms with Gasteiger partial charge in [-0.05, 0) is 0 Å². The molecule has 0 unspecified atom stereocenters. The summed E-state index contributed by atoms with van der Waals surface area (Å²) in [5.74, 6) is 1.34. The van der Waals surface area contributed by atoms with Gasteiger partial charge in [-0.2, -0.15) is 0 Å². The summed E-state index contributed by atoms with van der Waals surface area (Å²) >= 11 is 1.92. The molecule has 0 radical (unpaired) electrons. The number of carboxylic acid groups (broad SMARTS) is 1. The molecule has 21 heavy (non-hydrogen) atoms. The molecule has 0 aromatic heterocycles. The van der Waals surface area contributed by atoms with Crippen molar-refractivity contribution in [1.29, 1.82) is 0 Å². The van der Waals surface area contributed by atoms with Gasteiger partial charge < -0.3 is 36.7 Å². The van der Waals surface area contributed by atoms with Gasteiger partial charge in [0, 0.05) is 20.5 Å². The summed E-state index contributed by atoms with van der Waals surface area (Å²) in [4.78, 5) is 28.2. The smallest absolute Gasteiger partial charge is 0.147 e. The first-order valence-electron chi connectivity index (χ1n) is 4.39. The number of hydrogen-bond acceptors (Lipinski definition) is 3. The van der Waals surface area contributed by atoms with E-state index in [0.29, 0.717) is 0 Å². The van der Waals surface area contributed by atoms with Gasteiger partial charge in [0.1, 0.15) is 6.79 Å². The Hall–Kier alpha value is -0.741. The molecule has 0 bridgehead atoms. The van der Waals surface area contributed by atoms with Crippen molar-refractivity contribution in [2.45, 2.75) is 31.4 Å². The molecular weight excluding hydrogens is 361 g/mol. The van der Waals surface area contributed by atoms with Crippen molar-refractivity contribution in [3.8, 4) is 0 Å². The van der Waals surface area contributed by atoms with E-state index in [9.17, 15) is 9.59 Å². The van der Waals surface area contributed by atoms with Crippen LogP contribution in [0, 0.1) is 0 Å². The molecule has 0 aliphatic carbocycles. The van der Waals surface area contributed by atoms with Crippen molar-refractivity contribution >= 4 is 31.6 Å². The fourth-order valence-corrected chi connectivity index (χ4v) is 0. The van der Waals surface area contributed by atoms with Gasteiger partial charge in [0.05, 0.1) is 0 Å². The second-order valence-corrected chi connectivity index (χ2v) is 3.57. The summed E-state index contributed by atoms with van der Waals surface area (Å²) in [6, 6.07) is 0. The number of nitrogens with zero attached hydrogens (tertiary/aromatic N) is 1. The normalized spacial score (nSPS) is 5.19. The van der Waals surface area contributed by atoms with Crippen molar-refractivity contribution in [3.63, 3.8) is 0 Å². The summed E-state index contributed by atoms with van der Waals surface area (Å²) in [7, 11) is 3.38. The molecule has 1 amide bonds. The molecule has 0 saturated carbocycles. The van der Waals surface area contributed by atoms with E-state index in [0.717, 1.165) is 6.41 Å². The van der Waals surface area contributed by atoms with Crippen molar-refractivity contribution in [2.75, 3.05) is 14.1 Å². The molecule has 0 saturated heterocycles. The molecule has 0 spiro atoms. The summed E-state index contributed by atoms with van der Waals surface area (Å²) in [6.07, 6.45) is 0.972. The van der Waals surface area contributed by atoms with E-state index >= 15 is 0 Å². The molecular formula is C10H32ClCuNO8. The average Bonchev–Trinajstić information content (AvgIpc) is 2.32. The van der Waals surface area contributed by atoms with Crippen LogP contribution in [0.3, 0.4) is 0 Å². The summed E-state index contributed by atoms with van der Waals surface area (Å²) in [5, 5.41) is 8.95. The Morgan fingerprint density at radius 2 is 1.29 bits per heavy atom.